The maximum Gasteiger partial charge on any atom is 0.135 e. The van der Waals surface area contributed by atoms with Crippen molar-refractivity contribution in [1.29, 1.82) is 0 Å². The number of ether oxygens (including phenoxy) is 1. The van der Waals surface area contributed by atoms with Crippen LogP contribution in [0.5, 0.6) is 11.5 Å². The van der Waals surface area contributed by atoms with Gasteiger partial charge in [-0.3, -0.25) is 0 Å². The van der Waals surface area contributed by atoms with E-state index in [1.807, 2.05) is 6.20 Å². The zero-order valence-electron chi connectivity index (χ0n) is 48.8. The summed E-state index contributed by atoms with van der Waals surface area (Å²) in [5.74, 6) is 2.02. The molecule has 0 spiro atoms. The molecule has 0 atom stereocenters. The summed E-state index contributed by atoms with van der Waals surface area (Å²) in [6, 6.07) is 67.3. The Labute approximate surface area is 480 Å². The van der Waals surface area contributed by atoms with E-state index in [0.717, 1.165) is 55.8 Å². The van der Waals surface area contributed by atoms with Crippen molar-refractivity contribution in [1.82, 2.24) is 9.55 Å². The van der Waals surface area contributed by atoms with Crippen LogP contribution >= 0.6 is 0 Å². The molecule has 78 heavy (non-hydrogen) atoms. The second-order valence-electron chi connectivity index (χ2n) is 26.4. The molecule has 0 saturated carbocycles. The van der Waals surface area contributed by atoms with Gasteiger partial charge in [-0.15, -0.1) is 53.6 Å². The van der Waals surface area contributed by atoms with Gasteiger partial charge in [0.1, 0.15) is 5.82 Å². The zero-order chi connectivity index (χ0) is 55.0. The molecule has 0 aliphatic carbocycles. The molecule has 0 saturated heterocycles. The molecule has 2 aromatic heterocycles. The predicted octanol–water partition coefficient (Wildman–Crippen LogP) is 19.0. The maximum atomic E-state index is 7.16. The van der Waals surface area contributed by atoms with Crippen LogP contribution in [0, 0.1) is 18.8 Å². The average Bonchev–Trinajstić information content (AvgIpc) is 3.98. The normalized spacial score (nSPS) is 13.9. The molecule has 0 amide bonds. The number of fused-ring (bicyclic) bond motifs is 3. The van der Waals surface area contributed by atoms with Crippen LogP contribution in [0.3, 0.4) is 0 Å². The fourth-order valence-corrected chi connectivity index (χ4v) is 11.0. The quantitative estimate of drug-likeness (QED) is 0.128. The van der Waals surface area contributed by atoms with Crippen molar-refractivity contribution < 1.29 is 25.8 Å². The van der Waals surface area contributed by atoms with Crippen LogP contribution in [-0.4, -0.2) is 9.55 Å². The third kappa shape index (κ3) is 10.8. The number of aromatic nitrogens is 2. The molecule has 0 unspecified atom stereocenters. The summed E-state index contributed by atoms with van der Waals surface area (Å²) in [5.41, 5.74) is 14.6. The van der Waals surface area contributed by atoms with Crippen molar-refractivity contribution in [3.63, 3.8) is 0 Å². The van der Waals surface area contributed by atoms with E-state index in [9.17, 15) is 0 Å². The summed E-state index contributed by atoms with van der Waals surface area (Å²) in [6.45, 7) is 39.3. The molecule has 0 N–H and O–H groups in total. The summed E-state index contributed by atoms with van der Waals surface area (Å²) in [6.07, 6.45) is 1.93. The number of allylic oxidation sites excluding steroid dienone is 2. The van der Waals surface area contributed by atoms with Gasteiger partial charge in [0.25, 0.3) is 0 Å². The molecule has 1 aliphatic heterocycles. The third-order valence-electron chi connectivity index (χ3n) is 15.8. The number of anilines is 2. The molecule has 9 aromatic rings. The summed E-state index contributed by atoms with van der Waals surface area (Å²) in [7, 11) is 0. The van der Waals surface area contributed by atoms with Crippen molar-refractivity contribution in [3.05, 3.63) is 234 Å². The van der Waals surface area contributed by atoms with Crippen molar-refractivity contribution in [2.24, 2.45) is 0 Å². The van der Waals surface area contributed by atoms with E-state index in [0.29, 0.717) is 11.5 Å². The van der Waals surface area contributed by atoms with Gasteiger partial charge in [0, 0.05) is 72.2 Å². The summed E-state index contributed by atoms with van der Waals surface area (Å²) < 4.78 is 9.41. The van der Waals surface area contributed by atoms with E-state index in [2.05, 4.69) is 308 Å². The van der Waals surface area contributed by atoms with Crippen LogP contribution in [0.2, 0.25) is 0 Å². The van der Waals surface area contributed by atoms with Crippen LogP contribution in [0.4, 0.5) is 11.4 Å². The van der Waals surface area contributed by atoms with E-state index < -0.39 is 10.8 Å². The molecular weight excluding hydrogens is 1130 g/mol. The van der Waals surface area contributed by atoms with Gasteiger partial charge in [-0.2, -0.15) is 6.07 Å². The molecule has 7 aromatic carbocycles. The molecule has 0 bridgehead atoms. The number of rotatable bonds is 10. The maximum absolute atomic E-state index is 7.16. The van der Waals surface area contributed by atoms with Crippen LogP contribution in [-0.2, 0) is 53.6 Å². The Kier molecular flexibility index (Phi) is 14.7. The number of nitrogens with zero attached hydrogens (tertiary/aromatic N) is 4. The Hall–Kier alpha value is -6.68. The Morgan fingerprint density at radius 3 is 1.50 bits per heavy atom. The second kappa shape index (κ2) is 20.5. The minimum absolute atomic E-state index is 0. The van der Waals surface area contributed by atoms with Gasteiger partial charge in [0.2, 0.25) is 0 Å². The Morgan fingerprint density at radius 1 is 0.423 bits per heavy atom. The number of pyridine rings is 1. The SMILES string of the molecule is CC(C)(C)c1cc(N2[CH-]N(c3[c-]c(Oc4[c-]c5c(cc4)c4cc(C(C)(C)C)ccc4n5-c4cc(C(C)(C)C)ccn4)cc(-c4ccccc4)c3)C(C(C)(C)c3ccccc3)=C2C(C)(C)c2ccccc2)cc(C(C)(C)C)c1.[Pt]. The van der Waals surface area contributed by atoms with Gasteiger partial charge in [0.15, 0.2) is 0 Å². The van der Waals surface area contributed by atoms with Gasteiger partial charge >= 0.3 is 0 Å². The van der Waals surface area contributed by atoms with Crippen molar-refractivity contribution in [3.8, 4) is 28.4 Å². The molecule has 1 aliphatic rings. The first-order chi connectivity index (χ1) is 36.2. The molecule has 5 nitrogen and oxygen atoms in total. The number of hydrogen-bond acceptors (Lipinski definition) is 4. The molecule has 404 valence electrons. The first kappa shape index (κ1) is 56.1. The largest absolute Gasteiger partial charge is 0.509 e. The molecule has 10 rings (SSSR count). The minimum atomic E-state index is -0.516. The molecule has 3 heterocycles. The van der Waals surface area contributed by atoms with Gasteiger partial charge < -0.3 is 19.1 Å². The van der Waals surface area contributed by atoms with E-state index in [1.54, 1.807) is 0 Å². The zero-order valence-corrected chi connectivity index (χ0v) is 51.0. The fourth-order valence-electron chi connectivity index (χ4n) is 11.0. The van der Waals surface area contributed by atoms with Crippen molar-refractivity contribution >= 4 is 33.2 Å². The Balaban J connectivity index is 0.00000740. The van der Waals surface area contributed by atoms with Gasteiger partial charge in [-0.25, -0.2) is 4.98 Å². The number of benzene rings is 7. The monoisotopic (exact) mass is 1210 g/mol. The van der Waals surface area contributed by atoms with Crippen LogP contribution < -0.4 is 14.5 Å². The standard InChI is InChI=1S/C72H77N4O.Pt/c1-67(2,3)52-32-35-62-61(43-52)60-34-33-58(46-63(60)76(62)64-44-53(36-37-73-64)68(4,5)6)77-59-39-49(48-26-20-17-21-27-48)38-56(45-59)74-47-75(57-41-54(69(7,8)9)40-55(42-57)70(10,11)12)66(72(15,16)51-30-24-19-25-31-51)65(74)71(13,14)50-28-22-18-23-29-50;/h17-44,47H,1-16H3;/q-3;. The minimum Gasteiger partial charge on any atom is -0.509 e. The van der Waals surface area contributed by atoms with Gasteiger partial charge in [-0.1, -0.05) is 225 Å². The summed E-state index contributed by atoms with van der Waals surface area (Å²) in [5, 5.41) is 2.25. The van der Waals surface area contributed by atoms with Gasteiger partial charge in [0.05, 0.1) is 0 Å². The summed E-state index contributed by atoms with van der Waals surface area (Å²) in [4.78, 5) is 9.90. The summed E-state index contributed by atoms with van der Waals surface area (Å²) >= 11 is 0. The molecular formula is C72H77N4OPt-3. The first-order valence-corrected chi connectivity index (χ1v) is 27.4. The van der Waals surface area contributed by atoms with E-state index in [4.69, 9.17) is 9.72 Å². The molecule has 0 fully saturated rings. The van der Waals surface area contributed by atoms with E-state index in [-0.39, 0.29) is 42.7 Å². The number of hydrogen-bond donors (Lipinski definition) is 0. The predicted molar refractivity (Wildman–Crippen MR) is 325 cm³/mol. The first-order valence-electron chi connectivity index (χ1n) is 27.4. The van der Waals surface area contributed by atoms with Crippen LogP contribution in [0.15, 0.2) is 181 Å². The van der Waals surface area contributed by atoms with Crippen LogP contribution in [0.1, 0.15) is 144 Å². The fraction of sp³-hybridized carbons (Fsp3) is 0.306. The van der Waals surface area contributed by atoms with Crippen molar-refractivity contribution in [2.75, 3.05) is 9.80 Å². The molecule has 0 radical (unpaired) electrons. The average molecular weight is 1210 g/mol. The smallest absolute Gasteiger partial charge is 0.135 e. The van der Waals surface area contributed by atoms with E-state index >= 15 is 0 Å². The Bertz CT molecular complexity index is 3640. The van der Waals surface area contributed by atoms with Gasteiger partial charge in [-0.05, 0) is 96.3 Å². The Morgan fingerprint density at radius 2 is 0.949 bits per heavy atom. The van der Waals surface area contributed by atoms with Crippen molar-refractivity contribution in [2.45, 2.75) is 143 Å². The topological polar surface area (TPSA) is 33.5 Å². The third-order valence-corrected chi connectivity index (χ3v) is 15.8. The van der Waals surface area contributed by atoms with Crippen LogP contribution in [0.25, 0.3) is 38.8 Å². The molecule has 6 heteroatoms. The van der Waals surface area contributed by atoms with E-state index in [1.165, 1.54) is 39.1 Å². The second-order valence-corrected chi connectivity index (χ2v) is 26.4.